The second-order valence-corrected chi connectivity index (χ2v) is 3.51. The molecule has 0 aromatic rings. The van der Waals surface area contributed by atoms with Gasteiger partial charge in [-0.25, -0.2) is 0 Å². The number of hydrogen-bond acceptors (Lipinski definition) is 4. The predicted molar refractivity (Wildman–Crippen MR) is 49.7 cm³/mol. The predicted octanol–water partition coefficient (Wildman–Crippen LogP) is -0.422. The summed E-state index contributed by atoms with van der Waals surface area (Å²) in [5, 5.41) is 20.7. The first-order valence-corrected chi connectivity index (χ1v) is 4.53. The van der Waals surface area contributed by atoms with Crippen molar-refractivity contribution >= 4 is 5.84 Å². The number of aliphatic hydroxyl groups is 1. The van der Waals surface area contributed by atoms with E-state index in [-0.39, 0.29) is 18.0 Å². The highest BCUT2D eigenvalue weighted by Gasteiger charge is 2.28. The second kappa shape index (κ2) is 4.43. The fraction of sp³-hybridized carbons (Fsp3) is 0.875. The third-order valence-corrected chi connectivity index (χ3v) is 2.46. The van der Waals surface area contributed by atoms with Crippen molar-refractivity contribution in [1.82, 2.24) is 4.90 Å². The Hall–Kier alpha value is -0.810. The van der Waals surface area contributed by atoms with E-state index in [9.17, 15) is 5.11 Å². The Morgan fingerprint density at radius 1 is 1.77 bits per heavy atom. The molecule has 0 spiro atoms. The Balaban J connectivity index is 2.49. The lowest BCUT2D eigenvalue weighted by molar-refractivity contribution is 0.0947. The van der Waals surface area contributed by atoms with Crippen LogP contribution in [0.3, 0.4) is 0 Å². The topological polar surface area (TPSA) is 82.1 Å². The maximum absolute atomic E-state index is 9.42. The van der Waals surface area contributed by atoms with Gasteiger partial charge in [-0.05, 0) is 26.3 Å². The van der Waals surface area contributed by atoms with E-state index in [1.165, 1.54) is 0 Å². The van der Waals surface area contributed by atoms with E-state index in [2.05, 4.69) is 5.16 Å². The number of nitrogens with zero attached hydrogens (tertiary/aromatic N) is 2. The Morgan fingerprint density at radius 2 is 2.46 bits per heavy atom. The second-order valence-electron chi connectivity index (χ2n) is 3.51. The zero-order valence-corrected chi connectivity index (χ0v) is 7.85. The average Bonchev–Trinajstić information content (AvgIpc) is 2.52. The lowest BCUT2D eigenvalue weighted by Gasteiger charge is -2.25. The molecular formula is C8H17N3O2. The molecule has 0 aliphatic carbocycles. The van der Waals surface area contributed by atoms with Crippen LogP contribution in [0, 0.1) is 0 Å². The van der Waals surface area contributed by atoms with E-state index in [4.69, 9.17) is 10.9 Å². The quantitative estimate of drug-likeness (QED) is 0.242. The molecule has 4 N–H and O–H groups in total. The van der Waals surface area contributed by atoms with Crippen molar-refractivity contribution in [2.45, 2.75) is 31.9 Å². The largest absolute Gasteiger partial charge is 0.409 e. The summed E-state index contributed by atoms with van der Waals surface area (Å²) in [6, 6.07) is 0.153. The van der Waals surface area contributed by atoms with Gasteiger partial charge in [0, 0.05) is 6.04 Å². The molecule has 5 heteroatoms. The molecule has 5 nitrogen and oxygen atoms in total. The summed E-state index contributed by atoms with van der Waals surface area (Å²) in [6.45, 7) is 3.12. The number of aliphatic hydroxyl groups excluding tert-OH is 1. The average molecular weight is 187 g/mol. The molecule has 1 saturated heterocycles. The third kappa shape index (κ3) is 2.57. The normalized spacial score (nSPS) is 27.8. The molecule has 0 radical (unpaired) electrons. The van der Waals surface area contributed by atoms with Crippen LogP contribution in [0.4, 0.5) is 0 Å². The van der Waals surface area contributed by atoms with E-state index in [0.717, 1.165) is 19.4 Å². The van der Waals surface area contributed by atoms with Crippen molar-refractivity contribution in [3.63, 3.8) is 0 Å². The minimum absolute atomic E-state index is 0.153. The maximum atomic E-state index is 9.42. The smallest absolute Gasteiger partial charge is 0.153 e. The van der Waals surface area contributed by atoms with Crippen LogP contribution in [0.5, 0.6) is 0 Å². The molecule has 1 fully saturated rings. The number of oxime groups is 1. The van der Waals surface area contributed by atoms with E-state index >= 15 is 0 Å². The Kier molecular flexibility index (Phi) is 3.50. The Labute approximate surface area is 77.8 Å². The molecule has 1 heterocycles. The van der Waals surface area contributed by atoms with E-state index < -0.39 is 0 Å². The van der Waals surface area contributed by atoms with Gasteiger partial charge in [0.25, 0.3) is 0 Å². The summed E-state index contributed by atoms with van der Waals surface area (Å²) in [5.41, 5.74) is 5.39. The van der Waals surface area contributed by atoms with Gasteiger partial charge in [0.05, 0.1) is 12.6 Å². The van der Waals surface area contributed by atoms with Gasteiger partial charge in [0.1, 0.15) is 0 Å². The first-order chi connectivity index (χ1) is 6.15. The van der Waals surface area contributed by atoms with E-state index in [1.807, 2.05) is 4.90 Å². The number of nitrogens with two attached hydrogens (primary N) is 1. The van der Waals surface area contributed by atoms with Gasteiger partial charge in [-0.15, -0.1) is 0 Å². The first kappa shape index (κ1) is 10.3. The third-order valence-electron chi connectivity index (χ3n) is 2.46. The van der Waals surface area contributed by atoms with Crippen LogP contribution in [0.15, 0.2) is 5.16 Å². The van der Waals surface area contributed by atoms with Gasteiger partial charge in [-0.2, -0.15) is 0 Å². The number of hydrogen-bond donors (Lipinski definition) is 3. The molecule has 0 unspecified atom stereocenters. The van der Waals surface area contributed by atoms with Crippen LogP contribution in [-0.2, 0) is 0 Å². The molecule has 2 atom stereocenters. The molecule has 13 heavy (non-hydrogen) atoms. The van der Waals surface area contributed by atoms with Crippen molar-refractivity contribution in [1.29, 1.82) is 0 Å². The highest BCUT2D eigenvalue weighted by atomic mass is 16.4. The fourth-order valence-corrected chi connectivity index (χ4v) is 1.83. The summed E-state index contributed by atoms with van der Waals surface area (Å²) in [7, 11) is 0. The van der Waals surface area contributed by atoms with Crippen LogP contribution < -0.4 is 5.73 Å². The molecule has 0 bridgehead atoms. The van der Waals surface area contributed by atoms with Crippen molar-refractivity contribution < 1.29 is 10.3 Å². The van der Waals surface area contributed by atoms with Crippen molar-refractivity contribution in [3.05, 3.63) is 0 Å². The van der Waals surface area contributed by atoms with Crippen LogP contribution in [0.25, 0.3) is 0 Å². The first-order valence-electron chi connectivity index (χ1n) is 4.53. The zero-order chi connectivity index (χ0) is 9.84. The highest BCUT2D eigenvalue weighted by Crippen LogP contribution is 2.19. The summed E-state index contributed by atoms with van der Waals surface area (Å²) in [6.07, 6.45) is 1.69. The van der Waals surface area contributed by atoms with Gasteiger partial charge < -0.3 is 16.0 Å². The molecule has 0 aromatic carbocycles. The molecule has 0 aromatic heterocycles. The van der Waals surface area contributed by atoms with Crippen molar-refractivity contribution in [2.24, 2.45) is 10.9 Å². The lowest BCUT2D eigenvalue weighted by atomic mass is 10.1. The monoisotopic (exact) mass is 187 g/mol. The van der Waals surface area contributed by atoms with Crippen LogP contribution in [0.2, 0.25) is 0 Å². The number of likely N-dealkylation sites (tertiary alicyclic amines) is 1. The minimum atomic E-state index is -0.353. The van der Waals surface area contributed by atoms with Gasteiger partial charge in [0.15, 0.2) is 5.84 Å². The van der Waals surface area contributed by atoms with Crippen molar-refractivity contribution in [3.8, 4) is 0 Å². The van der Waals surface area contributed by atoms with E-state index in [1.54, 1.807) is 6.92 Å². The van der Waals surface area contributed by atoms with Gasteiger partial charge in [-0.3, -0.25) is 4.90 Å². The number of amidine groups is 1. The van der Waals surface area contributed by atoms with Crippen molar-refractivity contribution in [2.75, 3.05) is 13.1 Å². The molecule has 0 saturated carbocycles. The molecular weight excluding hydrogens is 170 g/mol. The summed E-state index contributed by atoms with van der Waals surface area (Å²) < 4.78 is 0. The summed E-state index contributed by atoms with van der Waals surface area (Å²) in [4.78, 5) is 2.04. The molecule has 1 aliphatic heterocycles. The fourth-order valence-electron chi connectivity index (χ4n) is 1.83. The SMILES string of the molecule is C[C@@H](O)[C@H]1CCCN1CC(N)=NO. The zero-order valence-electron chi connectivity index (χ0n) is 7.85. The molecule has 1 rings (SSSR count). The molecule has 1 aliphatic rings. The molecule has 76 valence electrons. The Bertz CT molecular complexity index is 194. The van der Waals surface area contributed by atoms with Crippen LogP contribution >= 0.6 is 0 Å². The van der Waals surface area contributed by atoms with Gasteiger partial charge >= 0.3 is 0 Å². The number of rotatable bonds is 3. The van der Waals surface area contributed by atoms with Crippen LogP contribution in [0.1, 0.15) is 19.8 Å². The highest BCUT2D eigenvalue weighted by molar-refractivity contribution is 5.81. The van der Waals surface area contributed by atoms with Crippen LogP contribution in [-0.4, -0.2) is 46.3 Å². The standard InChI is InChI=1S/C8H17N3O2/c1-6(12)7-3-2-4-11(7)5-8(9)10-13/h6-7,12-13H,2-5H2,1H3,(H2,9,10)/t6-,7-/m1/s1. The van der Waals surface area contributed by atoms with Gasteiger partial charge in [0.2, 0.25) is 0 Å². The summed E-state index contributed by atoms with van der Waals surface area (Å²) >= 11 is 0. The Morgan fingerprint density at radius 3 is 3.00 bits per heavy atom. The molecule has 0 amide bonds. The lowest BCUT2D eigenvalue weighted by Crippen LogP contribution is -2.42. The van der Waals surface area contributed by atoms with E-state index in [0.29, 0.717) is 6.54 Å². The minimum Gasteiger partial charge on any atom is -0.409 e. The maximum Gasteiger partial charge on any atom is 0.153 e. The van der Waals surface area contributed by atoms with Gasteiger partial charge in [-0.1, -0.05) is 5.16 Å². The summed E-state index contributed by atoms with van der Waals surface area (Å²) in [5.74, 6) is 0.201.